The van der Waals surface area contributed by atoms with Crippen molar-refractivity contribution in [1.82, 2.24) is 9.62 Å². The van der Waals surface area contributed by atoms with Gasteiger partial charge >= 0.3 is 0 Å². The molecule has 0 spiro atoms. The molecule has 2 rings (SSSR count). The smallest absolute Gasteiger partial charge is 0.252 e. The molecule has 2 atom stereocenters. The van der Waals surface area contributed by atoms with E-state index < -0.39 is 10.0 Å². The van der Waals surface area contributed by atoms with Crippen molar-refractivity contribution in [2.75, 3.05) is 20.1 Å². The van der Waals surface area contributed by atoms with E-state index in [-0.39, 0.29) is 0 Å². The minimum atomic E-state index is -3.26. The summed E-state index contributed by atoms with van der Waals surface area (Å²) in [4.78, 5) is 0. The predicted octanol–water partition coefficient (Wildman–Crippen LogP) is 1.37. The average Bonchev–Trinajstić information content (AvgIpc) is 2.83. The van der Waals surface area contributed by atoms with Crippen molar-refractivity contribution < 1.29 is 8.42 Å². The van der Waals surface area contributed by atoms with E-state index in [1.165, 1.54) is 11.3 Å². The Morgan fingerprint density at radius 1 is 1.53 bits per heavy atom. The molecule has 1 aromatic heterocycles. The van der Waals surface area contributed by atoms with E-state index in [4.69, 9.17) is 0 Å². The van der Waals surface area contributed by atoms with E-state index in [0.29, 0.717) is 29.3 Å². The Labute approximate surface area is 107 Å². The Kier molecular flexibility index (Phi) is 3.87. The van der Waals surface area contributed by atoms with E-state index in [0.717, 1.165) is 6.42 Å². The first-order chi connectivity index (χ1) is 8.05. The second-order valence-corrected chi connectivity index (χ2v) is 7.57. The summed E-state index contributed by atoms with van der Waals surface area (Å²) in [5, 5.41) is 5.04. The van der Waals surface area contributed by atoms with Crippen LogP contribution in [0, 0.1) is 5.92 Å². The maximum Gasteiger partial charge on any atom is 0.252 e. The van der Waals surface area contributed by atoms with Crippen LogP contribution in [0.5, 0.6) is 0 Å². The van der Waals surface area contributed by atoms with Gasteiger partial charge < -0.3 is 5.32 Å². The summed E-state index contributed by atoms with van der Waals surface area (Å²) in [5.74, 6) is 0.350. The van der Waals surface area contributed by atoms with Gasteiger partial charge in [0.1, 0.15) is 4.21 Å². The van der Waals surface area contributed by atoms with Crippen LogP contribution in [0.4, 0.5) is 0 Å². The van der Waals surface area contributed by atoms with E-state index in [1.54, 1.807) is 21.8 Å². The number of sulfonamides is 1. The van der Waals surface area contributed by atoms with Gasteiger partial charge in [0.2, 0.25) is 0 Å². The zero-order valence-electron chi connectivity index (χ0n) is 10.1. The highest BCUT2D eigenvalue weighted by molar-refractivity contribution is 7.91. The first-order valence-corrected chi connectivity index (χ1v) is 8.08. The van der Waals surface area contributed by atoms with Gasteiger partial charge in [0.25, 0.3) is 10.0 Å². The van der Waals surface area contributed by atoms with Gasteiger partial charge in [-0.15, -0.1) is 11.3 Å². The Balaban J connectivity index is 2.15. The van der Waals surface area contributed by atoms with Crippen LogP contribution in [-0.2, 0) is 10.0 Å². The molecule has 0 amide bonds. The number of piperidine rings is 1. The molecule has 1 aliphatic rings. The number of hydrogen-bond donors (Lipinski definition) is 1. The van der Waals surface area contributed by atoms with Crippen LogP contribution < -0.4 is 5.32 Å². The minimum absolute atomic E-state index is 0.350. The molecule has 96 valence electrons. The van der Waals surface area contributed by atoms with Crippen LogP contribution in [-0.4, -0.2) is 38.9 Å². The molecule has 1 fully saturated rings. The maximum atomic E-state index is 12.3. The van der Waals surface area contributed by atoms with Crippen LogP contribution in [0.25, 0.3) is 0 Å². The lowest BCUT2D eigenvalue weighted by Crippen LogP contribution is -2.48. The van der Waals surface area contributed by atoms with Gasteiger partial charge in [-0.25, -0.2) is 8.42 Å². The number of rotatable bonds is 3. The topological polar surface area (TPSA) is 49.4 Å². The lowest BCUT2D eigenvalue weighted by molar-refractivity contribution is 0.228. The Morgan fingerprint density at radius 3 is 2.82 bits per heavy atom. The summed E-state index contributed by atoms with van der Waals surface area (Å²) < 4.78 is 26.7. The third kappa shape index (κ3) is 2.54. The second kappa shape index (κ2) is 5.06. The summed E-state index contributed by atoms with van der Waals surface area (Å²) in [6, 6.07) is 3.88. The highest BCUT2D eigenvalue weighted by Crippen LogP contribution is 2.26. The molecule has 1 saturated heterocycles. The number of hydrogen-bond acceptors (Lipinski definition) is 4. The van der Waals surface area contributed by atoms with Crippen LogP contribution in [0.2, 0.25) is 0 Å². The molecule has 0 saturated carbocycles. The number of nitrogens with one attached hydrogen (secondary N) is 1. The largest absolute Gasteiger partial charge is 0.317 e. The van der Waals surface area contributed by atoms with Crippen LogP contribution >= 0.6 is 11.3 Å². The third-order valence-electron chi connectivity index (χ3n) is 3.33. The summed E-state index contributed by atoms with van der Waals surface area (Å²) in [5.41, 5.74) is 0. The zero-order chi connectivity index (χ0) is 12.5. The first-order valence-electron chi connectivity index (χ1n) is 5.76. The van der Waals surface area contributed by atoms with Crippen molar-refractivity contribution in [1.29, 1.82) is 0 Å². The molecular weight excluding hydrogens is 256 g/mol. The second-order valence-electron chi connectivity index (χ2n) is 4.46. The van der Waals surface area contributed by atoms with Gasteiger partial charge in [0.05, 0.1) is 0 Å². The monoisotopic (exact) mass is 274 g/mol. The quantitative estimate of drug-likeness (QED) is 0.905. The van der Waals surface area contributed by atoms with Crippen LogP contribution in [0.15, 0.2) is 21.7 Å². The summed E-state index contributed by atoms with van der Waals surface area (Å²) in [6.07, 6.45) is 0.877. The van der Waals surface area contributed by atoms with E-state index >= 15 is 0 Å². The molecule has 0 radical (unpaired) electrons. The van der Waals surface area contributed by atoms with Gasteiger partial charge in [-0.2, -0.15) is 4.31 Å². The van der Waals surface area contributed by atoms with Crippen molar-refractivity contribution in [2.24, 2.45) is 5.92 Å². The molecule has 6 heteroatoms. The summed E-state index contributed by atoms with van der Waals surface area (Å²) >= 11 is 1.29. The van der Waals surface area contributed by atoms with Gasteiger partial charge in [-0.05, 0) is 30.8 Å². The summed E-state index contributed by atoms with van der Waals surface area (Å²) in [7, 11) is -1.32. The number of thiophene rings is 1. The standard InChI is InChI=1S/C11H18N2O2S2/c1-9-8-13(6-5-10(9)12-2)17(14,15)11-4-3-7-16-11/h3-4,7,9-10,12H,5-6,8H2,1-2H3. The van der Waals surface area contributed by atoms with Gasteiger partial charge in [-0.1, -0.05) is 13.0 Å². The van der Waals surface area contributed by atoms with Crippen LogP contribution in [0.3, 0.4) is 0 Å². The van der Waals surface area contributed by atoms with Crippen LogP contribution in [0.1, 0.15) is 13.3 Å². The van der Waals surface area contributed by atoms with Gasteiger partial charge in [0.15, 0.2) is 0 Å². The fraction of sp³-hybridized carbons (Fsp3) is 0.636. The zero-order valence-corrected chi connectivity index (χ0v) is 11.7. The molecule has 17 heavy (non-hydrogen) atoms. The molecule has 1 aliphatic heterocycles. The maximum absolute atomic E-state index is 12.3. The minimum Gasteiger partial charge on any atom is -0.317 e. The van der Waals surface area contributed by atoms with Gasteiger partial charge in [0, 0.05) is 19.1 Å². The number of nitrogens with zero attached hydrogens (tertiary/aromatic N) is 1. The predicted molar refractivity (Wildman–Crippen MR) is 69.7 cm³/mol. The molecule has 1 aromatic rings. The van der Waals surface area contributed by atoms with Gasteiger partial charge in [-0.3, -0.25) is 0 Å². The molecule has 2 unspecified atom stereocenters. The van der Waals surface area contributed by atoms with Crippen molar-refractivity contribution in [2.45, 2.75) is 23.6 Å². The van der Waals surface area contributed by atoms with E-state index in [1.807, 2.05) is 7.05 Å². The molecule has 4 nitrogen and oxygen atoms in total. The highest BCUT2D eigenvalue weighted by Gasteiger charge is 2.33. The molecule has 2 heterocycles. The lowest BCUT2D eigenvalue weighted by atomic mass is 9.96. The Morgan fingerprint density at radius 2 is 2.29 bits per heavy atom. The van der Waals surface area contributed by atoms with Crippen molar-refractivity contribution in [3.63, 3.8) is 0 Å². The summed E-state index contributed by atoms with van der Waals surface area (Å²) in [6.45, 7) is 3.30. The molecule has 0 bridgehead atoms. The molecular formula is C11H18N2O2S2. The fourth-order valence-corrected chi connectivity index (χ4v) is 4.99. The highest BCUT2D eigenvalue weighted by atomic mass is 32.2. The molecule has 1 N–H and O–H groups in total. The average molecular weight is 274 g/mol. The third-order valence-corrected chi connectivity index (χ3v) is 6.57. The fourth-order valence-electron chi connectivity index (χ4n) is 2.29. The van der Waals surface area contributed by atoms with Crippen molar-refractivity contribution in [3.05, 3.63) is 17.5 Å². The Hall–Kier alpha value is -0.430. The first kappa shape index (κ1) is 13.0. The molecule has 0 aliphatic carbocycles. The molecule has 0 aromatic carbocycles. The lowest BCUT2D eigenvalue weighted by Gasteiger charge is -2.35. The van der Waals surface area contributed by atoms with Crippen molar-refractivity contribution >= 4 is 21.4 Å². The Bertz CT molecular complexity index is 456. The van der Waals surface area contributed by atoms with E-state index in [9.17, 15) is 8.42 Å². The normalized spacial score (nSPS) is 27.2. The van der Waals surface area contributed by atoms with Crippen molar-refractivity contribution in [3.8, 4) is 0 Å². The van der Waals surface area contributed by atoms with E-state index in [2.05, 4.69) is 12.2 Å². The SMILES string of the molecule is CNC1CCN(S(=O)(=O)c2cccs2)CC1C.